The van der Waals surface area contributed by atoms with Crippen molar-refractivity contribution in [3.8, 4) is 0 Å². The van der Waals surface area contributed by atoms with Crippen LogP contribution in [0.2, 0.25) is 0 Å². The lowest BCUT2D eigenvalue weighted by Gasteiger charge is -2.25. The van der Waals surface area contributed by atoms with Gasteiger partial charge in [-0.15, -0.1) is 0 Å². The number of rotatable bonds is 11. The maximum Gasteiger partial charge on any atom is 0.430 e. The maximum atomic E-state index is 15.1. The minimum Gasteiger partial charge on any atom is -0.444 e. The number of allylic oxidation sites excluding steroid dienone is 3. The first kappa shape index (κ1) is 33.6. The molecule has 4 N–H and O–H groups in total. The third-order valence-electron chi connectivity index (χ3n) is 7.32. The fourth-order valence-corrected chi connectivity index (χ4v) is 5.16. The Morgan fingerprint density at radius 2 is 1.89 bits per heavy atom. The first-order valence-electron chi connectivity index (χ1n) is 14.8. The van der Waals surface area contributed by atoms with E-state index in [1.165, 1.54) is 18.9 Å². The van der Waals surface area contributed by atoms with E-state index in [0.29, 0.717) is 29.8 Å². The summed E-state index contributed by atoms with van der Waals surface area (Å²) in [5, 5.41) is 5.75. The molecule has 2 aliphatic rings. The van der Waals surface area contributed by atoms with Crippen molar-refractivity contribution < 1.29 is 27.1 Å². The number of alkyl carbamates (subject to hydrolysis) is 1. The summed E-state index contributed by atoms with van der Waals surface area (Å²) < 4.78 is 61.3. The zero-order chi connectivity index (χ0) is 32.1. The quantitative estimate of drug-likeness (QED) is 0.125. The average Bonchev–Trinajstić information content (AvgIpc) is 3.73. The number of halogens is 5. The minimum atomic E-state index is -4.79. The first-order valence-corrected chi connectivity index (χ1v) is 15.7. The summed E-state index contributed by atoms with van der Waals surface area (Å²) in [6.07, 6.45) is 1.97. The van der Waals surface area contributed by atoms with Crippen molar-refractivity contribution in [3.05, 3.63) is 82.5 Å². The summed E-state index contributed by atoms with van der Waals surface area (Å²) in [7, 11) is 0. The molecule has 238 valence electrons. The molecule has 0 aliphatic heterocycles. The van der Waals surface area contributed by atoms with E-state index in [0.717, 1.165) is 42.4 Å². The lowest BCUT2D eigenvalue weighted by molar-refractivity contribution is -0.0925. The Labute approximate surface area is 264 Å². The lowest BCUT2D eigenvalue weighted by atomic mass is 9.88. The van der Waals surface area contributed by atoms with Gasteiger partial charge in [0.2, 0.25) is 0 Å². The standard InChI is InChI=1S/C33H39BrF4N4O2/c1-32(2,3)44-31(43)40-19-21-6-4-9-24(16-21)41-28(18-29(39)33(36,37)38)30(22-7-5-8-22)42-27-17-23(13-15-26(27)35)25(34)14-12-20-10-11-20/h4,6,9,13,15-18,20,25,42H,5,7-8,10-12,14,19,39H2,1-3H3,(H,40,43). The van der Waals surface area contributed by atoms with Crippen LogP contribution in [0.4, 0.5) is 33.7 Å². The number of hydrogen-bond acceptors (Lipinski definition) is 5. The summed E-state index contributed by atoms with van der Waals surface area (Å²) in [5.74, 6) is 0.217. The molecule has 2 aromatic rings. The smallest absolute Gasteiger partial charge is 0.430 e. The second-order valence-electron chi connectivity index (χ2n) is 12.3. The van der Waals surface area contributed by atoms with Crippen LogP contribution in [0.5, 0.6) is 0 Å². The van der Waals surface area contributed by atoms with Crippen LogP contribution < -0.4 is 16.4 Å². The van der Waals surface area contributed by atoms with Gasteiger partial charge in [0.15, 0.2) is 0 Å². The van der Waals surface area contributed by atoms with Gasteiger partial charge in [-0.2, -0.15) is 13.2 Å². The Balaban J connectivity index is 1.66. The highest BCUT2D eigenvalue weighted by Gasteiger charge is 2.32. The Kier molecular flexibility index (Phi) is 10.8. The van der Waals surface area contributed by atoms with Gasteiger partial charge in [-0.25, -0.2) is 14.2 Å². The molecule has 2 aliphatic carbocycles. The summed E-state index contributed by atoms with van der Waals surface area (Å²) in [5.41, 5.74) is 6.55. The second kappa shape index (κ2) is 14.2. The lowest BCUT2D eigenvalue weighted by Crippen LogP contribution is -2.32. The predicted molar refractivity (Wildman–Crippen MR) is 169 cm³/mol. The number of anilines is 1. The molecule has 2 saturated carbocycles. The van der Waals surface area contributed by atoms with Crippen LogP contribution in [-0.2, 0) is 11.3 Å². The molecule has 2 aromatic carbocycles. The van der Waals surface area contributed by atoms with E-state index in [1.807, 2.05) is 0 Å². The van der Waals surface area contributed by atoms with Crippen LogP contribution in [-0.4, -0.2) is 23.6 Å². The van der Waals surface area contributed by atoms with Gasteiger partial charge in [-0.05, 0) is 106 Å². The van der Waals surface area contributed by atoms with Gasteiger partial charge in [-0.3, -0.25) is 0 Å². The third kappa shape index (κ3) is 10.1. The molecule has 0 bridgehead atoms. The van der Waals surface area contributed by atoms with Crippen LogP contribution in [0.3, 0.4) is 0 Å². The van der Waals surface area contributed by atoms with Crippen LogP contribution in [0.25, 0.3) is 0 Å². The van der Waals surface area contributed by atoms with Crippen LogP contribution in [0.1, 0.15) is 81.7 Å². The number of amides is 1. The van der Waals surface area contributed by atoms with E-state index < -0.39 is 29.4 Å². The fourth-order valence-electron chi connectivity index (χ4n) is 4.61. The molecule has 1 unspecified atom stereocenters. The minimum absolute atomic E-state index is 0.0231. The molecule has 0 heterocycles. The molecule has 0 radical (unpaired) electrons. The predicted octanol–water partition coefficient (Wildman–Crippen LogP) is 9.50. The van der Waals surface area contributed by atoms with Gasteiger partial charge in [0.25, 0.3) is 0 Å². The number of carbonyl (C=O) groups excluding carboxylic acids is 1. The molecule has 2 fully saturated rings. The number of nitrogens with one attached hydrogen (secondary N) is 2. The summed E-state index contributed by atoms with van der Waals surface area (Å²) in [6, 6.07) is 11.5. The maximum absolute atomic E-state index is 15.1. The number of hydrogen-bond donors (Lipinski definition) is 3. The summed E-state index contributed by atoms with van der Waals surface area (Å²) >= 11 is 3.72. The molecule has 0 saturated heterocycles. The van der Waals surface area contributed by atoms with Crippen molar-refractivity contribution in [2.24, 2.45) is 16.6 Å². The van der Waals surface area contributed by atoms with Crippen molar-refractivity contribution in [1.82, 2.24) is 5.32 Å². The Morgan fingerprint density at radius 3 is 2.50 bits per heavy atom. The molecular formula is C33H39BrF4N4O2. The summed E-state index contributed by atoms with van der Waals surface area (Å²) in [4.78, 5) is 16.7. The Bertz CT molecular complexity index is 1440. The topological polar surface area (TPSA) is 88.7 Å². The normalized spacial score (nSPS) is 16.7. The van der Waals surface area contributed by atoms with Crippen LogP contribution in [0, 0.1) is 11.7 Å². The Hall–Kier alpha value is -3.34. The van der Waals surface area contributed by atoms with E-state index in [2.05, 4.69) is 31.6 Å². The van der Waals surface area contributed by atoms with Crippen molar-refractivity contribution in [2.45, 2.75) is 88.9 Å². The second-order valence-corrected chi connectivity index (χ2v) is 13.4. The van der Waals surface area contributed by atoms with Gasteiger partial charge in [0, 0.05) is 11.4 Å². The number of nitrogens with zero attached hydrogens (tertiary/aromatic N) is 1. The highest BCUT2D eigenvalue weighted by atomic mass is 79.9. The molecule has 0 spiro atoms. The van der Waals surface area contributed by atoms with E-state index in [-0.39, 0.29) is 22.8 Å². The van der Waals surface area contributed by atoms with E-state index in [1.54, 1.807) is 57.2 Å². The SMILES string of the molecule is CC(C)(C)OC(=O)NCc1cccc(N=C(C=C(N)C(F)(F)F)C(Nc2cc(C(Br)CCC3CC3)ccc2F)=C2CCC2)c1. The first-order chi connectivity index (χ1) is 20.7. The molecule has 6 nitrogen and oxygen atoms in total. The number of alkyl halides is 4. The molecule has 44 heavy (non-hydrogen) atoms. The fraction of sp³-hybridized carbons (Fsp3) is 0.455. The van der Waals surface area contributed by atoms with Crippen molar-refractivity contribution in [2.75, 3.05) is 5.32 Å². The molecule has 1 atom stereocenters. The van der Waals surface area contributed by atoms with Crippen molar-refractivity contribution >= 4 is 39.1 Å². The Morgan fingerprint density at radius 1 is 1.16 bits per heavy atom. The summed E-state index contributed by atoms with van der Waals surface area (Å²) in [6.45, 7) is 5.37. The van der Waals surface area contributed by atoms with E-state index in [4.69, 9.17) is 10.5 Å². The third-order valence-corrected chi connectivity index (χ3v) is 8.31. The van der Waals surface area contributed by atoms with Crippen LogP contribution >= 0.6 is 15.9 Å². The number of benzene rings is 2. The monoisotopic (exact) mass is 678 g/mol. The van der Waals surface area contributed by atoms with Crippen molar-refractivity contribution in [1.29, 1.82) is 0 Å². The van der Waals surface area contributed by atoms with Gasteiger partial charge >= 0.3 is 12.3 Å². The zero-order valence-electron chi connectivity index (χ0n) is 25.2. The highest BCUT2D eigenvalue weighted by molar-refractivity contribution is 9.09. The zero-order valence-corrected chi connectivity index (χ0v) is 26.7. The molecule has 4 rings (SSSR count). The van der Waals surface area contributed by atoms with E-state index in [9.17, 15) is 18.0 Å². The highest BCUT2D eigenvalue weighted by Crippen LogP contribution is 2.39. The number of nitrogens with two attached hydrogens (primary N) is 1. The molecule has 1 amide bonds. The van der Waals surface area contributed by atoms with Gasteiger partial charge in [-0.1, -0.05) is 47.0 Å². The molecular weight excluding hydrogens is 640 g/mol. The van der Waals surface area contributed by atoms with Crippen LogP contribution in [0.15, 0.2) is 70.5 Å². The number of ether oxygens (including phenoxy) is 1. The largest absolute Gasteiger partial charge is 0.444 e. The number of carbonyl (C=O) groups is 1. The molecule has 11 heteroatoms. The van der Waals surface area contributed by atoms with E-state index >= 15 is 4.39 Å². The van der Waals surface area contributed by atoms with Crippen molar-refractivity contribution in [3.63, 3.8) is 0 Å². The van der Waals surface area contributed by atoms with Gasteiger partial charge in [0.1, 0.15) is 17.1 Å². The number of aliphatic imine (C=N–C) groups is 1. The average molecular weight is 680 g/mol. The van der Waals surface area contributed by atoms with Gasteiger partial charge < -0.3 is 21.1 Å². The molecule has 0 aromatic heterocycles. The van der Waals surface area contributed by atoms with Gasteiger partial charge in [0.05, 0.1) is 22.8 Å².